The third-order valence-electron chi connectivity index (χ3n) is 2.35. The number of nitrogens with zero attached hydrogens (tertiary/aromatic N) is 1. The van der Waals surface area contributed by atoms with Crippen LogP contribution in [0.15, 0.2) is 30.4 Å². The van der Waals surface area contributed by atoms with Gasteiger partial charge in [0, 0.05) is 13.1 Å². The van der Waals surface area contributed by atoms with Crippen LogP contribution < -0.4 is 4.90 Å². The third-order valence-corrected chi connectivity index (χ3v) is 2.67. The van der Waals surface area contributed by atoms with Crippen molar-refractivity contribution in [2.24, 2.45) is 0 Å². The summed E-state index contributed by atoms with van der Waals surface area (Å²) in [5.74, 6) is -0.930. The third kappa shape index (κ3) is 1.97. The summed E-state index contributed by atoms with van der Waals surface area (Å²) in [4.78, 5) is 12.8. The van der Waals surface area contributed by atoms with Crippen molar-refractivity contribution in [3.8, 4) is 0 Å². The molecule has 2 rings (SSSR count). The molecule has 1 aromatic rings. The highest BCUT2D eigenvalue weighted by Gasteiger charge is 2.13. The van der Waals surface area contributed by atoms with Crippen LogP contribution in [-0.4, -0.2) is 24.2 Å². The minimum atomic E-state index is -0.930. The highest BCUT2D eigenvalue weighted by molar-refractivity contribution is 6.33. The summed E-state index contributed by atoms with van der Waals surface area (Å²) in [6.45, 7) is 1.56. The van der Waals surface area contributed by atoms with Crippen LogP contribution in [0, 0.1) is 0 Å². The summed E-state index contributed by atoms with van der Waals surface area (Å²) < 4.78 is 0. The predicted molar refractivity (Wildman–Crippen MR) is 59.8 cm³/mol. The molecule has 3 nitrogen and oxygen atoms in total. The molecule has 0 fully saturated rings. The van der Waals surface area contributed by atoms with E-state index in [1.807, 2.05) is 17.1 Å². The van der Waals surface area contributed by atoms with Crippen molar-refractivity contribution in [2.45, 2.75) is 0 Å². The molecule has 0 radical (unpaired) electrons. The highest BCUT2D eigenvalue weighted by Crippen LogP contribution is 2.28. The molecule has 0 atom stereocenters. The van der Waals surface area contributed by atoms with E-state index in [1.54, 1.807) is 12.1 Å². The van der Waals surface area contributed by atoms with Crippen molar-refractivity contribution in [1.29, 1.82) is 0 Å². The topological polar surface area (TPSA) is 40.5 Å². The molecular weight excluding hydrogens is 214 g/mol. The molecule has 0 unspecified atom stereocenters. The smallest absolute Gasteiger partial charge is 0.335 e. The van der Waals surface area contributed by atoms with Gasteiger partial charge in [-0.25, -0.2) is 4.79 Å². The van der Waals surface area contributed by atoms with Crippen molar-refractivity contribution < 1.29 is 9.90 Å². The Morgan fingerprint density at radius 1 is 1.33 bits per heavy atom. The Bertz CT molecular complexity index is 421. The Kier molecular flexibility index (Phi) is 2.64. The van der Waals surface area contributed by atoms with E-state index in [0.29, 0.717) is 5.02 Å². The fraction of sp³-hybridized carbons (Fsp3) is 0.182. The fourth-order valence-electron chi connectivity index (χ4n) is 1.56. The minimum absolute atomic E-state index is 0.265. The summed E-state index contributed by atoms with van der Waals surface area (Å²) in [6.07, 6.45) is 4.06. The first-order valence-electron chi connectivity index (χ1n) is 4.61. The molecule has 1 aromatic carbocycles. The number of rotatable bonds is 2. The molecule has 4 heteroatoms. The van der Waals surface area contributed by atoms with Gasteiger partial charge in [0.25, 0.3) is 0 Å². The normalized spacial score (nSPS) is 14.6. The van der Waals surface area contributed by atoms with Crippen LogP contribution in [0.25, 0.3) is 0 Å². The molecule has 0 bridgehead atoms. The Labute approximate surface area is 92.6 Å². The van der Waals surface area contributed by atoms with E-state index in [1.165, 1.54) is 6.07 Å². The maximum absolute atomic E-state index is 10.8. The van der Waals surface area contributed by atoms with Gasteiger partial charge in [0.05, 0.1) is 16.3 Å². The fourth-order valence-corrected chi connectivity index (χ4v) is 1.80. The number of halogens is 1. The van der Waals surface area contributed by atoms with E-state index in [0.717, 1.165) is 18.8 Å². The summed E-state index contributed by atoms with van der Waals surface area (Å²) in [5.41, 5.74) is 1.04. The van der Waals surface area contributed by atoms with E-state index in [2.05, 4.69) is 0 Å². The van der Waals surface area contributed by atoms with E-state index >= 15 is 0 Å². The Hall–Kier alpha value is -1.48. The van der Waals surface area contributed by atoms with Crippen molar-refractivity contribution in [2.75, 3.05) is 18.0 Å². The van der Waals surface area contributed by atoms with Crippen molar-refractivity contribution in [3.63, 3.8) is 0 Å². The second kappa shape index (κ2) is 3.95. The lowest BCUT2D eigenvalue weighted by molar-refractivity contribution is 0.0697. The second-order valence-corrected chi connectivity index (χ2v) is 3.75. The number of carboxylic acid groups (broad SMARTS) is 1. The first kappa shape index (κ1) is 10.1. The van der Waals surface area contributed by atoms with Gasteiger partial charge in [-0.15, -0.1) is 0 Å². The largest absolute Gasteiger partial charge is 0.478 e. The molecule has 78 valence electrons. The van der Waals surface area contributed by atoms with Crippen molar-refractivity contribution in [3.05, 3.63) is 40.9 Å². The van der Waals surface area contributed by atoms with E-state index in [-0.39, 0.29) is 5.56 Å². The number of hydrogen-bond donors (Lipinski definition) is 1. The lowest BCUT2D eigenvalue weighted by Crippen LogP contribution is -2.19. The van der Waals surface area contributed by atoms with Gasteiger partial charge in [0.15, 0.2) is 0 Å². The summed E-state index contributed by atoms with van der Waals surface area (Å²) in [6, 6.07) is 4.74. The van der Waals surface area contributed by atoms with Gasteiger partial charge in [0.1, 0.15) is 0 Å². The zero-order valence-corrected chi connectivity index (χ0v) is 8.74. The SMILES string of the molecule is O=C(O)c1ccc(Cl)c(N2CC=CC2)c1. The number of aromatic carboxylic acids is 1. The maximum Gasteiger partial charge on any atom is 0.335 e. The van der Waals surface area contributed by atoms with Gasteiger partial charge in [-0.05, 0) is 18.2 Å². The lowest BCUT2D eigenvalue weighted by atomic mass is 10.2. The van der Waals surface area contributed by atoms with Crippen molar-refractivity contribution in [1.82, 2.24) is 0 Å². The van der Waals surface area contributed by atoms with Gasteiger partial charge in [-0.2, -0.15) is 0 Å². The standard InChI is InChI=1S/C11H10ClNO2/c12-9-4-3-8(11(14)15)7-10(9)13-5-1-2-6-13/h1-4,7H,5-6H2,(H,14,15). The summed E-state index contributed by atoms with van der Waals surface area (Å²) in [7, 11) is 0. The Balaban J connectivity index is 2.36. The van der Waals surface area contributed by atoms with Crippen molar-refractivity contribution >= 4 is 23.3 Å². The summed E-state index contributed by atoms with van der Waals surface area (Å²) in [5, 5.41) is 9.45. The number of carbonyl (C=O) groups is 1. The lowest BCUT2D eigenvalue weighted by Gasteiger charge is -2.19. The zero-order chi connectivity index (χ0) is 10.8. The molecule has 0 saturated carbocycles. The quantitative estimate of drug-likeness (QED) is 0.783. The molecule has 0 saturated heterocycles. The first-order chi connectivity index (χ1) is 7.18. The first-order valence-corrected chi connectivity index (χ1v) is 4.99. The predicted octanol–water partition coefficient (Wildman–Crippen LogP) is 2.41. The van der Waals surface area contributed by atoms with Crippen LogP contribution in [-0.2, 0) is 0 Å². The number of hydrogen-bond acceptors (Lipinski definition) is 2. The van der Waals surface area contributed by atoms with E-state index in [4.69, 9.17) is 16.7 Å². The number of anilines is 1. The van der Waals surface area contributed by atoms with Crippen LogP contribution in [0.3, 0.4) is 0 Å². The molecule has 1 heterocycles. The molecule has 15 heavy (non-hydrogen) atoms. The molecule has 0 spiro atoms. The van der Waals surface area contributed by atoms with Crippen LogP contribution >= 0.6 is 11.6 Å². The maximum atomic E-state index is 10.8. The Morgan fingerprint density at radius 2 is 2.00 bits per heavy atom. The molecule has 1 aliphatic heterocycles. The zero-order valence-electron chi connectivity index (χ0n) is 7.98. The molecule has 0 amide bonds. The second-order valence-electron chi connectivity index (χ2n) is 3.35. The highest BCUT2D eigenvalue weighted by atomic mass is 35.5. The van der Waals surface area contributed by atoms with Crippen LogP contribution in [0.1, 0.15) is 10.4 Å². The molecular formula is C11H10ClNO2. The number of benzene rings is 1. The minimum Gasteiger partial charge on any atom is -0.478 e. The van der Waals surface area contributed by atoms with Gasteiger partial charge in [-0.3, -0.25) is 0 Å². The van der Waals surface area contributed by atoms with Crippen LogP contribution in [0.2, 0.25) is 5.02 Å². The van der Waals surface area contributed by atoms with Gasteiger partial charge in [0.2, 0.25) is 0 Å². The van der Waals surface area contributed by atoms with Gasteiger partial charge < -0.3 is 10.0 Å². The summed E-state index contributed by atoms with van der Waals surface area (Å²) >= 11 is 6.02. The Morgan fingerprint density at radius 3 is 2.60 bits per heavy atom. The van der Waals surface area contributed by atoms with Crippen LogP contribution in [0.5, 0.6) is 0 Å². The molecule has 1 N–H and O–H groups in total. The van der Waals surface area contributed by atoms with Gasteiger partial charge in [-0.1, -0.05) is 23.8 Å². The average Bonchev–Trinajstić information content (AvgIpc) is 2.71. The molecule has 1 aliphatic rings. The van der Waals surface area contributed by atoms with Gasteiger partial charge >= 0.3 is 5.97 Å². The molecule has 0 aromatic heterocycles. The number of carboxylic acids is 1. The van der Waals surface area contributed by atoms with E-state index in [9.17, 15) is 4.79 Å². The van der Waals surface area contributed by atoms with Crippen LogP contribution in [0.4, 0.5) is 5.69 Å². The molecule has 0 aliphatic carbocycles. The monoisotopic (exact) mass is 223 g/mol. The average molecular weight is 224 g/mol. The van der Waals surface area contributed by atoms with E-state index < -0.39 is 5.97 Å².